The molecule has 3 N–H and O–H groups in total. The van der Waals surface area contributed by atoms with E-state index in [1.54, 1.807) is 17.9 Å². The van der Waals surface area contributed by atoms with Gasteiger partial charge in [0, 0.05) is 30.8 Å². The zero-order valence-electron chi connectivity index (χ0n) is 16.6. The zero-order chi connectivity index (χ0) is 21.4. The summed E-state index contributed by atoms with van der Waals surface area (Å²) >= 11 is 3.50. The lowest BCUT2D eigenvalue weighted by molar-refractivity contribution is -0.124. The molecule has 4 aromatic rings. The molecule has 3 aromatic heterocycles. The number of aromatic amines is 1. The van der Waals surface area contributed by atoms with Crippen molar-refractivity contribution in [2.45, 2.75) is 25.3 Å². The number of tetrazole rings is 1. The van der Waals surface area contributed by atoms with Gasteiger partial charge < -0.3 is 10.6 Å². The van der Waals surface area contributed by atoms with Gasteiger partial charge >= 0.3 is 0 Å². The summed E-state index contributed by atoms with van der Waals surface area (Å²) in [5.41, 5.74) is 2.39. The van der Waals surface area contributed by atoms with Crippen LogP contribution in [-0.4, -0.2) is 59.4 Å². The van der Waals surface area contributed by atoms with Gasteiger partial charge in [0.15, 0.2) is 11.5 Å². The Morgan fingerprint density at radius 2 is 2.10 bits per heavy atom. The Balaban J connectivity index is 1.41. The molecule has 0 radical (unpaired) electrons. The van der Waals surface area contributed by atoms with Gasteiger partial charge in [-0.05, 0) is 69.9 Å². The standard InChI is InChI=1S/C19H19BrN10O/c1-21-18(31)11-2-5-12(8-11)23-19-22-9-14-15(20)27-30(17(14)24-19)13-6-3-10(4-7-13)16-25-28-29-26-16/h3-4,6-7,9,11-12H,2,5,8H2,1H3,(H,21,31)(H,22,23,24)(H,25,26,28,29)/t11-,12-/m1/s1. The Bertz CT molecular complexity index is 1220. The predicted octanol–water partition coefficient (Wildman–Crippen LogP) is 2.08. The minimum atomic E-state index is 0.0315. The fourth-order valence-corrected chi connectivity index (χ4v) is 4.34. The quantitative estimate of drug-likeness (QED) is 0.392. The normalized spacial score (nSPS) is 18.4. The van der Waals surface area contributed by atoms with Gasteiger partial charge in [-0.25, -0.2) is 14.8 Å². The van der Waals surface area contributed by atoms with Gasteiger partial charge in [0.2, 0.25) is 11.9 Å². The number of hydrogen-bond donors (Lipinski definition) is 3. The molecule has 1 fully saturated rings. The molecule has 11 nitrogen and oxygen atoms in total. The first-order valence-corrected chi connectivity index (χ1v) is 10.7. The van der Waals surface area contributed by atoms with E-state index in [0.717, 1.165) is 35.9 Å². The number of H-pyrrole nitrogens is 1. The lowest BCUT2D eigenvalue weighted by Crippen LogP contribution is -2.27. The Hall–Kier alpha value is -3.41. The van der Waals surface area contributed by atoms with Crippen molar-refractivity contribution in [2.24, 2.45) is 5.92 Å². The third-order valence-corrected chi connectivity index (χ3v) is 6.08. The Morgan fingerprint density at radius 1 is 1.26 bits per heavy atom. The van der Waals surface area contributed by atoms with Crippen molar-refractivity contribution in [1.29, 1.82) is 0 Å². The number of hydrogen-bond acceptors (Lipinski definition) is 8. The van der Waals surface area contributed by atoms with Crippen LogP contribution < -0.4 is 10.6 Å². The summed E-state index contributed by atoms with van der Waals surface area (Å²) in [5.74, 6) is 1.24. The molecule has 0 saturated heterocycles. The van der Waals surface area contributed by atoms with E-state index in [4.69, 9.17) is 4.98 Å². The van der Waals surface area contributed by atoms with Crippen molar-refractivity contribution in [1.82, 2.24) is 45.7 Å². The highest BCUT2D eigenvalue weighted by atomic mass is 79.9. The molecule has 1 aliphatic rings. The number of carbonyl (C=O) groups is 1. The Morgan fingerprint density at radius 3 is 2.84 bits per heavy atom. The lowest BCUT2D eigenvalue weighted by atomic mass is 10.1. The van der Waals surface area contributed by atoms with E-state index < -0.39 is 0 Å². The van der Waals surface area contributed by atoms with Crippen LogP contribution in [0.1, 0.15) is 19.3 Å². The molecule has 31 heavy (non-hydrogen) atoms. The number of rotatable bonds is 5. The number of nitrogens with zero attached hydrogens (tertiary/aromatic N) is 7. The maximum absolute atomic E-state index is 11.9. The molecule has 1 aliphatic carbocycles. The fraction of sp³-hybridized carbons (Fsp3) is 0.316. The van der Waals surface area contributed by atoms with E-state index in [2.05, 4.69) is 57.3 Å². The van der Waals surface area contributed by atoms with Crippen molar-refractivity contribution in [2.75, 3.05) is 12.4 Å². The van der Waals surface area contributed by atoms with Crippen LogP contribution in [-0.2, 0) is 4.79 Å². The maximum Gasteiger partial charge on any atom is 0.224 e. The molecule has 1 saturated carbocycles. The van der Waals surface area contributed by atoms with Gasteiger partial charge in [-0.3, -0.25) is 4.79 Å². The third kappa shape index (κ3) is 3.74. The van der Waals surface area contributed by atoms with E-state index in [0.29, 0.717) is 22.0 Å². The summed E-state index contributed by atoms with van der Waals surface area (Å²) in [6.07, 6.45) is 4.27. The number of benzene rings is 1. The number of amides is 1. The minimum Gasteiger partial charge on any atom is -0.359 e. The SMILES string of the molecule is CNC(=O)[C@@H]1CC[C@@H](Nc2ncc3c(Br)nn(-c4ccc(-c5nnn[nH]5)cc4)c3n2)C1. The Kier molecular flexibility index (Phi) is 5.06. The average molecular weight is 483 g/mol. The van der Waals surface area contributed by atoms with Crippen molar-refractivity contribution in [3.8, 4) is 17.1 Å². The van der Waals surface area contributed by atoms with Crippen LogP contribution in [0.2, 0.25) is 0 Å². The summed E-state index contributed by atoms with van der Waals surface area (Å²) in [6.45, 7) is 0. The van der Waals surface area contributed by atoms with Gasteiger partial charge in [-0.2, -0.15) is 10.1 Å². The molecular formula is C19H19BrN10O. The fourth-order valence-electron chi connectivity index (χ4n) is 3.90. The molecule has 0 spiro atoms. The first-order chi connectivity index (χ1) is 15.1. The number of carbonyl (C=O) groups excluding carboxylic acids is 1. The number of anilines is 1. The topological polar surface area (TPSA) is 139 Å². The summed E-state index contributed by atoms with van der Waals surface area (Å²) < 4.78 is 2.43. The van der Waals surface area contributed by atoms with Crippen molar-refractivity contribution < 1.29 is 4.79 Å². The number of halogens is 1. The molecule has 12 heteroatoms. The molecule has 5 rings (SSSR count). The predicted molar refractivity (Wildman–Crippen MR) is 116 cm³/mol. The summed E-state index contributed by atoms with van der Waals surface area (Å²) in [7, 11) is 1.67. The van der Waals surface area contributed by atoms with Crippen molar-refractivity contribution in [3.05, 3.63) is 35.1 Å². The first kappa shape index (κ1) is 19.5. The van der Waals surface area contributed by atoms with Crippen LogP contribution in [0.25, 0.3) is 28.1 Å². The highest BCUT2D eigenvalue weighted by molar-refractivity contribution is 9.10. The monoisotopic (exact) mass is 482 g/mol. The molecule has 3 heterocycles. The van der Waals surface area contributed by atoms with Gasteiger partial charge in [-0.15, -0.1) is 5.10 Å². The van der Waals surface area contributed by atoms with Crippen molar-refractivity contribution >= 4 is 38.8 Å². The summed E-state index contributed by atoms with van der Waals surface area (Å²) in [6, 6.07) is 7.84. The van der Waals surface area contributed by atoms with Gasteiger partial charge in [0.05, 0.1) is 11.1 Å². The molecule has 2 atom stereocenters. The van der Waals surface area contributed by atoms with Gasteiger partial charge in [-0.1, -0.05) is 0 Å². The number of aromatic nitrogens is 8. The molecule has 0 aliphatic heterocycles. The molecular weight excluding hydrogens is 464 g/mol. The second-order valence-corrected chi connectivity index (χ2v) is 8.15. The second kappa shape index (κ2) is 8.02. The Labute approximate surface area is 185 Å². The molecule has 0 unspecified atom stereocenters. The molecule has 0 bridgehead atoms. The second-order valence-electron chi connectivity index (χ2n) is 7.40. The van der Waals surface area contributed by atoms with Crippen molar-refractivity contribution in [3.63, 3.8) is 0 Å². The smallest absolute Gasteiger partial charge is 0.224 e. The average Bonchev–Trinajstić information content (AvgIpc) is 3.54. The first-order valence-electron chi connectivity index (χ1n) is 9.86. The van der Waals surface area contributed by atoms with E-state index in [1.807, 2.05) is 24.3 Å². The van der Waals surface area contributed by atoms with E-state index in [9.17, 15) is 4.79 Å². The van der Waals surface area contributed by atoms with Gasteiger partial charge in [0.1, 0.15) is 4.60 Å². The highest BCUT2D eigenvalue weighted by Gasteiger charge is 2.29. The van der Waals surface area contributed by atoms with Crippen LogP contribution in [0.15, 0.2) is 35.1 Å². The summed E-state index contributed by atoms with van der Waals surface area (Å²) in [4.78, 5) is 21.0. The molecule has 158 valence electrons. The van der Waals surface area contributed by atoms with Crippen LogP contribution >= 0.6 is 15.9 Å². The van der Waals surface area contributed by atoms with Crippen LogP contribution in [0.4, 0.5) is 5.95 Å². The minimum absolute atomic E-state index is 0.0315. The highest BCUT2D eigenvalue weighted by Crippen LogP contribution is 2.29. The number of nitrogens with one attached hydrogen (secondary N) is 3. The van der Waals surface area contributed by atoms with Crippen LogP contribution in [0.3, 0.4) is 0 Å². The number of fused-ring (bicyclic) bond motifs is 1. The zero-order valence-corrected chi connectivity index (χ0v) is 18.2. The van der Waals surface area contributed by atoms with E-state index >= 15 is 0 Å². The van der Waals surface area contributed by atoms with Gasteiger partial charge in [0.25, 0.3) is 0 Å². The maximum atomic E-state index is 11.9. The largest absolute Gasteiger partial charge is 0.359 e. The molecule has 1 amide bonds. The van der Waals surface area contributed by atoms with Crippen LogP contribution in [0, 0.1) is 5.92 Å². The summed E-state index contributed by atoms with van der Waals surface area (Å²) in [5, 5.41) is 25.4. The molecule has 1 aromatic carbocycles. The van der Waals surface area contributed by atoms with Crippen LogP contribution in [0.5, 0.6) is 0 Å². The van der Waals surface area contributed by atoms with E-state index in [1.165, 1.54) is 0 Å². The third-order valence-electron chi connectivity index (χ3n) is 5.49. The lowest BCUT2D eigenvalue weighted by Gasteiger charge is -2.13. The van der Waals surface area contributed by atoms with E-state index in [-0.39, 0.29) is 17.9 Å².